The van der Waals surface area contributed by atoms with Gasteiger partial charge in [0.25, 0.3) is 0 Å². The van der Waals surface area contributed by atoms with Gasteiger partial charge < -0.3 is 5.11 Å². The van der Waals surface area contributed by atoms with Crippen LogP contribution in [0.2, 0.25) is 0 Å². The van der Waals surface area contributed by atoms with Gasteiger partial charge in [-0.2, -0.15) is 17.9 Å². The second-order valence-corrected chi connectivity index (χ2v) is 6.67. The largest absolute Gasteiger partial charge is 0.480 e. The van der Waals surface area contributed by atoms with Gasteiger partial charge in [-0.15, -0.1) is 0 Å². The Balaban J connectivity index is 3.22. The van der Waals surface area contributed by atoms with E-state index in [1.54, 1.807) is 18.6 Å². The van der Waals surface area contributed by atoms with E-state index in [4.69, 9.17) is 5.11 Å². The molecule has 22 heavy (non-hydrogen) atoms. The SMILES string of the molecule is CC(C)C[C@H](NS(=O)(=O)c1cccnc1C(F)(F)F)C(=O)O. The topological polar surface area (TPSA) is 96.4 Å². The van der Waals surface area contributed by atoms with Crippen LogP contribution in [0.3, 0.4) is 0 Å². The summed E-state index contributed by atoms with van der Waals surface area (Å²) < 4.78 is 64.4. The van der Waals surface area contributed by atoms with E-state index in [1.165, 1.54) is 0 Å². The van der Waals surface area contributed by atoms with Gasteiger partial charge in [-0.3, -0.25) is 9.78 Å². The fourth-order valence-electron chi connectivity index (χ4n) is 1.74. The van der Waals surface area contributed by atoms with Crippen LogP contribution in [0.1, 0.15) is 26.0 Å². The van der Waals surface area contributed by atoms with E-state index in [1.807, 2.05) is 0 Å². The number of hydrogen-bond donors (Lipinski definition) is 2. The van der Waals surface area contributed by atoms with Crippen molar-refractivity contribution in [2.45, 2.75) is 37.4 Å². The highest BCUT2D eigenvalue weighted by Crippen LogP contribution is 2.32. The molecular weight excluding hydrogens is 325 g/mol. The Bertz CT molecular complexity index is 644. The van der Waals surface area contributed by atoms with Crippen molar-refractivity contribution in [3.05, 3.63) is 24.0 Å². The molecular formula is C12H15F3N2O4S. The molecule has 1 rings (SSSR count). The Morgan fingerprint density at radius 1 is 1.41 bits per heavy atom. The molecule has 1 heterocycles. The van der Waals surface area contributed by atoms with Gasteiger partial charge in [0.2, 0.25) is 10.0 Å². The predicted molar refractivity (Wildman–Crippen MR) is 70.4 cm³/mol. The molecule has 0 saturated heterocycles. The number of rotatable bonds is 6. The summed E-state index contributed by atoms with van der Waals surface area (Å²) in [7, 11) is -4.68. The van der Waals surface area contributed by atoms with E-state index in [0.29, 0.717) is 0 Å². The molecule has 0 amide bonds. The van der Waals surface area contributed by atoms with Crippen molar-refractivity contribution in [3.63, 3.8) is 0 Å². The van der Waals surface area contributed by atoms with E-state index in [-0.39, 0.29) is 12.3 Å². The summed E-state index contributed by atoms with van der Waals surface area (Å²) in [6, 6.07) is 0.236. The first-order valence-corrected chi connectivity index (χ1v) is 7.71. The number of pyridine rings is 1. The van der Waals surface area contributed by atoms with Crippen molar-refractivity contribution >= 4 is 16.0 Å². The standard InChI is InChI=1S/C12H15F3N2O4S/c1-7(2)6-8(11(18)19)17-22(20,21)9-4-3-5-16-10(9)12(13,14)15/h3-5,7-8,17H,6H2,1-2H3,(H,18,19)/t8-/m0/s1. The van der Waals surface area contributed by atoms with Gasteiger partial charge in [-0.05, 0) is 24.5 Å². The third-order valence-corrected chi connectivity index (χ3v) is 4.13. The number of carboxylic acids is 1. The van der Waals surface area contributed by atoms with Gasteiger partial charge in [0.1, 0.15) is 10.9 Å². The summed E-state index contributed by atoms with van der Waals surface area (Å²) in [4.78, 5) is 13.0. The van der Waals surface area contributed by atoms with E-state index in [9.17, 15) is 26.4 Å². The van der Waals surface area contributed by atoms with Crippen LogP contribution in [0.4, 0.5) is 13.2 Å². The van der Waals surface area contributed by atoms with Crippen molar-refractivity contribution in [2.75, 3.05) is 0 Å². The molecule has 0 bridgehead atoms. The summed E-state index contributed by atoms with van der Waals surface area (Å²) in [5.74, 6) is -1.63. The number of carboxylic acid groups (broad SMARTS) is 1. The molecule has 0 unspecified atom stereocenters. The van der Waals surface area contributed by atoms with Crippen molar-refractivity contribution in [1.29, 1.82) is 0 Å². The zero-order valence-corrected chi connectivity index (χ0v) is 12.6. The highest BCUT2D eigenvalue weighted by molar-refractivity contribution is 7.89. The maximum absolute atomic E-state index is 12.8. The molecule has 0 fully saturated rings. The number of nitrogens with one attached hydrogen (secondary N) is 1. The molecule has 0 aliphatic rings. The van der Waals surface area contributed by atoms with E-state index in [2.05, 4.69) is 4.98 Å². The minimum absolute atomic E-state index is 0.0593. The monoisotopic (exact) mass is 340 g/mol. The molecule has 0 saturated carbocycles. The van der Waals surface area contributed by atoms with E-state index in [0.717, 1.165) is 18.3 Å². The molecule has 0 aromatic carbocycles. The third-order valence-electron chi connectivity index (χ3n) is 2.63. The van der Waals surface area contributed by atoms with Crippen LogP contribution in [0, 0.1) is 5.92 Å². The minimum atomic E-state index is -4.97. The Morgan fingerprint density at radius 3 is 2.45 bits per heavy atom. The second-order valence-electron chi connectivity index (χ2n) is 4.99. The number of sulfonamides is 1. The van der Waals surface area contributed by atoms with Crippen LogP contribution in [0.25, 0.3) is 0 Å². The van der Waals surface area contributed by atoms with Gasteiger partial charge in [0, 0.05) is 6.20 Å². The first kappa shape index (κ1) is 18.4. The average Bonchev–Trinajstić information content (AvgIpc) is 2.36. The molecule has 0 aliphatic heterocycles. The van der Waals surface area contributed by atoms with Gasteiger partial charge >= 0.3 is 12.1 Å². The van der Waals surface area contributed by atoms with Crippen molar-refractivity contribution < 1.29 is 31.5 Å². The Kier molecular flexibility index (Phi) is 5.52. The summed E-state index contributed by atoms with van der Waals surface area (Å²) in [6.07, 6.45) is -4.22. The lowest BCUT2D eigenvalue weighted by Crippen LogP contribution is -2.42. The minimum Gasteiger partial charge on any atom is -0.480 e. The number of aliphatic carboxylic acids is 1. The molecule has 10 heteroatoms. The number of carbonyl (C=O) groups is 1. The number of aromatic nitrogens is 1. The van der Waals surface area contributed by atoms with Gasteiger partial charge in [-0.1, -0.05) is 13.8 Å². The fraction of sp³-hybridized carbons (Fsp3) is 0.500. The van der Waals surface area contributed by atoms with Crippen molar-refractivity contribution in [1.82, 2.24) is 9.71 Å². The van der Waals surface area contributed by atoms with Crippen LogP contribution in [-0.2, 0) is 21.0 Å². The Labute approximate surface area is 125 Å². The molecule has 1 atom stereocenters. The quantitative estimate of drug-likeness (QED) is 0.824. The Hall–Kier alpha value is -1.68. The Morgan fingerprint density at radius 2 is 2.00 bits per heavy atom. The van der Waals surface area contributed by atoms with E-state index < -0.39 is 38.8 Å². The highest BCUT2D eigenvalue weighted by Gasteiger charge is 2.39. The predicted octanol–water partition coefficient (Wildman–Crippen LogP) is 1.88. The molecule has 6 nitrogen and oxygen atoms in total. The maximum Gasteiger partial charge on any atom is 0.434 e. The first-order chi connectivity index (χ1) is 9.95. The molecule has 1 aromatic rings. The zero-order valence-electron chi connectivity index (χ0n) is 11.8. The van der Waals surface area contributed by atoms with Crippen LogP contribution in [-0.4, -0.2) is 30.5 Å². The maximum atomic E-state index is 12.8. The fourth-order valence-corrected chi connectivity index (χ4v) is 3.12. The van der Waals surface area contributed by atoms with E-state index >= 15 is 0 Å². The normalized spacial score (nSPS) is 14.1. The van der Waals surface area contributed by atoms with Gasteiger partial charge in [-0.25, -0.2) is 8.42 Å². The molecule has 0 radical (unpaired) electrons. The summed E-state index contributed by atoms with van der Waals surface area (Å²) >= 11 is 0. The lowest BCUT2D eigenvalue weighted by atomic mass is 10.1. The van der Waals surface area contributed by atoms with Gasteiger partial charge in [0.05, 0.1) is 0 Å². The second kappa shape index (κ2) is 6.61. The van der Waals surface area contributed by atoms with Crippen LogP contribution >= 0.6 is 0 Å². The van der Waals surface area contributed by atoms with Crippen LogP contribution in [0.5, 0.6) is 0 Å². The lowest BCUT2D eigenvalue weighted by Gasteiger charge is -2.18. The van der Waals surface area contributed by atoms with Crippen LogP contribution in [0.15, 0.2) is 23.2 Å². The first-order valence-electron chi connectivity index (χ1n) is 6.22. The summed E-state index contributed by atoms with van der Waals surface area (Å²) in [5, 5.41) is 9.00. The molecule has 1 aromatic heterocycles. The highest BCUT2D eigenvalue weighted by atomic mass is 32.2. The number of hydrogen-bond acceptors (Lipinski definition) is 4. The number of alkyl halides is 3. The van der Waals surface area contributed by atoms with Crippen molar-refractivity contribution in [3.8, 4) is 0 Å². The number of halogens is 3. The smallest absolute Gasteiger partial charge is 0.434 e. The summed E-state index contributed by atoms with van der Waals surface area (Å²) in [5.41, 5.74) is -1.59. The molecule has 124 valence electrons. The summed E-state index contributed by atoms with van der Waals surface area (Å²) in [6.45, 7) is 3.32. The lowest BCUT2D eigenvalue weighted by molar-refractivity contribution is -0.143. The molecule has 0 aliphatic carbocycles. The number of nitrogens with zero attached hydrogens (tertiary/aromatic N) is 1. The molecule has 2 N–H and O–H groups in total. The van der Waals surface area contributed by atoms with Crippen molar-refractivity contribution in [2.24, 2.45) is 5.92 Å². The average molecular weight is 340 g/mol. The van der Waals surface area contributed by atoms with Gasteiger partial charge in [0.15, 0.2) is 5.69 Å². The molecule has 0 spiro atoms. The third kappa shape index (κ3) is 4.67. The van der Waals surface area contributed by atoms with Crippen LogP contribution < -0.4 is 4.72 Å². The zero-order chi connectivity index (χ0) is 17.1.